The predicted molar refractivity (Wildman–Crippen MR) is 62.7 cm³/mol. The molecule has 16 heavy (non-hydrogen) atoms. The lowest BCUT2D eigenvalue weighted by molar-refractivity contribution is 0.439. The molecule has 0 radical (unpaired) electrons. The van der Waals surface area contributed by atoms with E-state index in [9.17, 15) is 0 Å². The molecule has 1 aromatic heterocycles. The fraction of sp³-hybridized carbons (Fsp3) is 0.0909. The highest BCUT2D eigenvalue weighted by molar-refractivity contribution is 6.30. The van der Waals surface area contributed by atoms with Crippen LogP contribution in [0.15, 0.2) is 30.6 Å². The molecule has 0 amide bonds. The number of anilines is 1. The van der Waals surface area contributed by atoms with Gasteiger partial charge in [0.05, 0.1) is 18.1 Å². The van der Waals surface area contributed by atoms with Crippen molar-refractivity contribution in [1.82, 2.24) is 9.97 Å². The number of benzene rings is 1. The number of aromatic nitrogens is 2. The maximum Gasteiger partial charge on any atom is 0.322 e. The van der Waals surface area contributed by atoms with Gasteiger partial charge in [0.1, 0.15) is 5.75 Å². The number of rotatable bonds is 2. The van der Waals surface area contributed by atoms with Crippen molar-refractivity contribution in [2.45, 2.75) is 6.92 Å². The number of nitrogens with zero attached hydrogens (tertiary/aromatic N) is 2. The number of ether oxygens (including phenoxy) is 1. The first kappa shape index (κ1) is 10.7. The normalized spacial score (nSPS) is 10.1. The van der Waals surface area contributed by atoms with Crippen molar-refractivity contribution in [3.8, 4) is 11.8 Å². The Kier molecular flexibility index (Phi) is 2.92. The highest BCUT2D eigenvalue weighted by Crippen LogP contribution is 2.25. The number of hydrogen-bond donors (Lipinski definition) is 1. The average Bonchev–Trinajstić information content (AvgIpc) is 2.27. The van der Waals surface area contributed by atoms with Crippen LogP contribution < -0.4 is 10.5 Å². The molecule has 2 aromatic rings. The van der Waals surface area contributed by atoms with Gasteiger partial charge in [-0.05, 0) is 24.6 Å². The van der Waals surface area contributed by atoms with E-state index in [1.165, 1.54) is 12.4 Å². The highest BCUT2D eigenvalue weighted by atomic mass is 35.5. The lowest BCUT2D eigenvalue weighted by atomic mass is 10.2. The van der Waals surface area contributed by atoms with Crippen LogP contribution >= 0.6 is 11.6 Å². The van der Waals surface area contributed by atoms with Crippen molar-refractivity contribution >= 4 is 17.3 Å². The van der Waals surface area contributed by atoms with Crippen LogP contribution in [0.1, 0.15) is 5.56 Å². The number of hydrogen-bond acceptors (Lipinski definition) is 4. The van der Waals surface area contributed by atoms with E-state index in [1.807, 2.05) is 13.0 Å². The lowest BCUT2D eigenvalue weighted by Crippen LogP contribution is -1.95. The Balaban J connectivity index is 2.26. The van der Waals surface area contributed by atoms with Crippen LogP contribution in [0.3, 0.4) is 0 Å². The third-order valence-electron chi connectivity index (χ3n) is 2.00. The summed E-state index contributed by atoms with van der Waals surface area (Å²) in [7, 11) is 0. The molecular weight excluding hydrogens is 226 g/mol. The van der Waals surface area contributed by atoms with Gasteiger partial charge < -0.3 is 10.5 Å². The quantitative estimate of drug-likeness (QED) is 0.870. The van der Waals surface area contributed by atoms with Crippen molar-refractivity contribution in [2.75, 3.05) is 5.73 Å². The number of nitrogens with two attached hydrogens (primary N) is 1. The van der Waals surface area contributed by atoms with Gasteiger partial charge in [-0.25, -0.2) is 9.97 Å². The van der Waals surface area contributed by atoms with Crippen LogP contribution in [0.2, 0.25) is 5.02 Å². The van der Waals surface area contributed by atoms with E-state index in [0.29, 0.717) is 16.5 Å². The maximum atomic E-state index is 5.87. The Labute approximate surface area is 98.0 Å². The molecule has 0 aliphatic rings. The Hall–Kier alpha value is -1.81. The van der Waals surface area contributed by atoms with E-state index in [0.717, 1.165) is 5.56 Å². The minimum Gasteiger partial charge on any atom is -0.424 e. The van der Waals surface area contributed by atoms with E-state index in [4.69, 9.17) is 22.1 Å². The number of nitrogen functional groups attached to an aromatic ring is 1. The molecule has 0 unspecified atom stereocenters. The summed E-state index contributed by atoms with van der Waals surface area (Å²) < 4.78 is 5.48. The van der Waals surface area contributed by atoms with Crippen molar-refractivity contribution < 1.29 is 4.74 Å². The SMILES string of the molecule is Cc1ccc(Cl)cc1Oc1ncc(N)cn1. The van der Waals surface area contributed by atoms with E-state index in [1.54, 1.807) is 12.1 Å². The van der Waals surface area contributed by atoms with Gasteiger partial charge in [-0.15, -0.1) is 0 Å². The van der Waals surface area contributed by atoms with Crippen LogP contribution in [0.25, 0.3) is 0 Å². The van der Waals surface area contributed by atoms with E-state index in [-0.39, 0.29) is 6.01 Å². The van der Waals surface area contributed by atoms with E-state index >= 15 is 0 Å². The second kappa shape index (κ2) is 4.37. The molecule has 2 N–H and O–H groups in total. The monoisotopic (exact) mass is 235 g/mol. The van der Waals surface area contributed by atoms with Gasteiger partial charge in [0.25, 0.3) is 0 Å². The topological polar surface area (TPSA) is 61.0 Å². The Morgan fingerprint density at radius 1 is 1.25 bits per heavy atom. The first-order valence-corrected chi connectivity index (χ1v) is 5.04. The van der Waals surface area contributed by atoms with Crippen molar-refractivity contribution in [3.05, 3.63) is 41.2 Å². The first-order valence-electron chi connectivity index (χ1n) is 4.66. The van der Waals surface area contributed by atoms with Crippen molar-refractivity contribution in [3.63, 3.8) is 0 Å². The molecule has 0 atom stereocenters. The zero-order chi connectivity index (χ0) is 11.5. The fourth-order valence-corrected chi connectivity index (χ4v) is 1.32. The third kappa shape index (κ3) is 2.41. The molecule has 4 nitrogen and oxygen atoms in total. The van der Waals surface area contributed by atoms with Gasteiger partial charge in [-0.1, -0.05) is 17.7 Å². The van der Waals surface area contributed by atoms with Gasteiger partial charge in [0.15, 0.2) is 0 Å². The van der Waals surface area contributed by atoms with E-state index < -0.39 is 0 Å². The van der Waals surface area contributed by atoms with Crippen LogP contribution in [-0.2, 0) is 0 Å². The van der Waals surface area contributed by atoms with Crippen LogP contribution in [0.4, 0.5) is 5.69 Å². The molecule has 0 fully saturated rings. The maximum absolute atomic E-state index is 5.87. The molecule has 1 heterocycles. The predicted octanol–water partition coefficient (Wildman–Crippen LogP) is 2.81. The molecule has 0 bridgehead atoms. The number of halogens is 1. The summed E-state index contributed by atoms with van der Waals surface area (Å²) in [5, 5.41) is 0.607. The minimum absolute atomic E-state index is 0.250. The van der Waals surface area contributed by atoms with Crippen molar-refractivity contribution in [2.24, 2.45) is 0 Å². The highest BCUT2D eigenvalue weighted by Gasteiger charge is 2.04. The summed E-state index contributed by atoms with van der Waals surface area (Å²) in [6, 6.07) is 5.64. The zero-order valence-corrected chi connectivity index (χ0v) is 9.40. The molecular formula is C11H10ClN3O. The van der Waals surface area contributed by atoms with E-state index in [2.05, 4.69) is 9.97 Å². The number of aryl methyl sites for hydroxylation is 1. The lowest BCUT2D eigenvalue weighted by Gasteiger charge is -2.06. The summed E-state index contributed by atoms with van der Waals surface area (Å²) in [5.41, 5.74) is 6.93. The molecule has 1 aromatic carbocycles. The molecule has 0 saturated carbocycles. The average molecular weight is 236 g/mol. The van der Waals surface area contributed by atoms with Crippen LogP contribution in [0, 0.1) is 6.92 Å². The molecule has 5 heteroatoms. The standard InChI is InChI=1S/C11H10ClN3O/c1-7-2-3-8(12)4-10(7)16-11-14-5-9(13)6-15-11/h2-6H,13H2,1H3. The summed E-state index contributed by atoms with van der Waals surface area (Å²) in [6.45, 7) is 1.92. The van der Waals surface area contributed by atoms with Gasteiger partial charge in [-0.3, -0.25) is 0 Å². The second-order valence-electron chi connectivity index (χ2n) is 3.31. The minimum atomic E-state index is 0.250. The Bertz CT molecular complexity index is 499. The Morgan fingerprint density at radius 2 is 1.94 bits per heavy atom. The summed E-state index contributed by atoms with van der Waals surface area (Å²) in [5.74, 6) is 0.636. The molecule has 82 valence electrons. The summed E-state index contributed by atoms with van der Waals surface area (Å²) >= 11 is 5.87. The molecule has 2 rings (SSSR count). The van der Waals surface area contributed by atoms with Gasteiger partial charge in [-0.2, -0.15) is 0 Å². The van der Waals surface area contributed by atoms with Gasteiger partial charge in [0, 0.05) is 5.02 Å². The van der Waals surface area contributed by atoms with Crippen LogP contribution in [-0.4, -0.2) is 9.97 Å². The smallest absolute Gasteiger partial charge is 0.322 e. The van der Waals surface area contributed by atoms with Crippen molar-refractivity contribution in [1.29, 1.82) is 0 Å². The molecule has 0 saturated heterocycles. The Morgan fingerprint density at radius 3 is 2.62 bits per heavy atom. The molecule has 0 spiro atoms. The molecule has 0 aliphatic carbocycles. The largest absolute Gasteiger partial charge is 0.424 e. The summed E-state index contributed by atoms with van der Waals surface area (Å²) in [4.78, 5) is 7.89. The zero-order valence-electron chi connectivity index (χ0n) is 8.64. The van der Waals surface area contributed by atoms with Crippen LogP contribution in [0.5, 0.6) is 11.8 Å². The second-order valence-corrected chi connectivity index (χ2v) is 3.75. The van der Waals surface area contributed by atoms with Gasteiger partial charge in [0.2, 0.25) is 0 Å². The first-order chi connectivity index (χ1) is 7.65. The molecule has 0 aliphatic heterocycles. The fourth-order valence-electron chi connectivity index (χ4n) is 1.16. The third-order valence-corrected chi connectivity index (χ3v) is 2.23. The summed E-state index contributed by atoms with van der Waals surface area (Å²) in [6.07, 6.45) is 2.98. The van der Waals surface area contributed by atoms with Gasteiger partial charge >= 0.3 is 6.01 Å².